The zero-order valence-corrected chi connectivity index (χ0v) is 13.7. The van der Waals surface area contributed by atoms with Gasteiger partial charge in [-0.1, -0.05) is 6.92 Å². The van der Waals surface area contributed by atoms with E-state index < -0.39 is 9.84 Å². The lowest BCUT2D eigenvalue weighted by Gasteiger charge is -2.16. The molecule has 7 heteroatoms. The minimum absolute atomic E-state index is 0.0337. The average Bonchev–Trinajstić information content (AvgIpc) is 2.48. The van der Waals surface area contributed by atoms with Crippen molar-refractivity contribution in [3.05, 3.63) is 17.7 Å². The van der Waals surface area contributed by atoms with Crippen molar-refractivity contribution in [3.63, 3.8) is 0 Å². The summed E-state index contributed by atoms with van der Waals surface area (Å²) in [4.78, 5) is 0. The highest BCUT2D eigenvalue weighted by atomic mass is 32.2. The van der Waals surface area contributed by atoms with Crippen molar-refractivity contribution < 1.29 is 22.6 Å². The normalized spacial score (nSPS) is 11.2. The molecule has 0 atom stereocenters. The number of methoxy groups -OCH3 is 2. The first-order valence-corrected chi connectivity index (χ1v) is 8.52. The molecule has 0 amide bonds. The quantitative estimate of drug-likeness (QED) is 0.738. The maximum absolute atomic E-state index is 11.5. The minimum atomic E-state index is -3.06. The lowest BCUT2D eigenvalue weighted by molar-refractivity contribution is 0.288. The van der Waals surface area contributed by atoms with Crippen molar-refractivity contribution in [2.24, 2.45) is 0 Å². The molecule has 1 rings (SSSR count). The molecular formula is C14H23NO5S. The van der Waals surface area contributed by atoms with E-state index in [1.165, 1.54) is 14.2 Å². The Balaban J connectivity index is 2.94. The van der Waals surface area contributed by atoms with Gasteiger partial charge in [-0.15, -0.1) is 0 Å². The summed E-state index contributed by atoms with van der Waals surface area (Å²) in [7, 11) is 1.85. The first kappa shape index (κ1) is 17.6. The van der Waals surface area contributed by atoms with Gasteiger partial charge in [-0.3, -0.25) is 0 Å². The highest BCUT2D eigenvalue weighted by Gasteiger charge is 2.15. The summed E-state index contributed by atoms with van der Waals surface area (Å²) in [5, 5.41) is 3.05. The molecule has 0 bridgehead atoms. The second-order valence-electron chi connectivity index (χ2n) is 4.44. The van der Waals surface area contributed by atoms with E-state index in [9.17, 15) is 8.42 Å². The average molecular weight is 317 g/mol. The number of hydrogen-bond acceptors (Lipinski definition) is 6. The van der Waals surface area contributed by atoms with Crippen molar-refractivity contribution in [2.75, 3.05) is 39.4 Å². The predicted molar refractivity (Wildman–Crippen MR) is 82.1 cm³/mol. The van der Waals surface area contributed by atoms with Gasteiger partial charge in [0.1, 0.15) is 6.61 Å². The molecule has 6 nitrogen and oxygen atoms in total. The molecule has 0 saturated heterocycles. The van der Waals surface area contributed by atoms with Crippen LogP contribution >= 0.6 is 0 Å². The molecule has 0 radical (unpaired) electrons. The molecule has 0 aliphatic heterocycles. The van der Waals surface area contributed by atoms with Gasteiger partial charge in [0.25, 0.3) is 0 Å². The first-order valence-electron chi connectivity index (χ1n) is 6.70. The van der Waals surface area contributed by atoms with E-state index in [1.807, 2.05) is 19.2 Å². The standard InChI is InChI=1S/C14H23NO5S/c1-5-21(16,17)7-6-20-14-12(18-3)8-11(10-15-2)9-13(14)19-4/h8-9,15H,5-7,10H2,1-4H3. The van der Waals surface area contributed by atoms with Gasteiger partial charge in [0.05, 0.1) is 20.0 Å². The summed E-state index contributed by atoms with van der Waals surface area (Å²) in [6, 6.07) is 3.67. The number of benzene rings is 1. The molecule has 21 heavy (non-hydrogen) atoms. The number of ether oxygens (including phenoxy) is 3. The van der Waals surface area contributed by atoms with E-state index in [0.29, 0.717) is 23.8 Å². The molecule has 1 aromatic rings. The van der Waals surface area contributed by atoms with E-state index in [4.69, 9.17) is 14.2 Å². The molecule has 0 fully saturated rings. The molecule has 1 aromatic carbocycles. The summed E-state index contributed by atoms with van der Waals surface area (Å²) < 4.78 is 39.1. The Hall–Kier alpha value is -1.47. The van der Waals surface area contributed by atoms with Crippen molar-refractivity contribution in [2.45, 2.75) is 13.5 Å². The van der Waals surface area contributed by atoms with Gasteiger partial charge in [-0.05, 0) is 24.7 Å². The highest BCUT2D eigenvalue weighted by molar-refractivity contribution is 7.91. The third kappa shape index (κ3) is 5.09. The molecule has 0 saturated carbocycles. The Kier molecular flexibility index (Phi) is 6.77. The topological polar surface area (TPSA) is 73.9 Å². The molecule has 0 heterocycles. The predicted octanol–water partition coefficient (Wildman–Crippen LogP) is 1.24. The number of rotatable bonds is 9. The maximum atomic E-state index is 11.5. The zero-order chi connectivity index (χ0) is 15.9. The SMILES string of the molecule is CCS(=O)(=O)CCOc1c(OC)cc(CNC)cc1OC. The van der Waals surface area contributed by atoms with E-state index >= 15 is 0 Å². The van der Waals surface area contributed by atoms with Crippen LogP contribution in [0.1, 0.15) is 12.5 Å². The third-order valence-corrected chi connectivity index (χ3v) is 4.65. The fourth-order valence-corrected chi connectivity index (χ4v) is 2.42. The van der Waals surface area contributed by atoms with E-state index in [0.717, 1.165) is 5.56 Å². The van der Waals surface area contributed by atoms with Crippen LogP contribution in [0.4, 0.5) is 0 Å². The van der Waals surface area contributed by atoms with Crippen molar-refractivity contribution in [1.82, 2.24) is 5.32 Å². The van der Waals surface area contributed by atoms with Crippen molar-refractivity contribution in [1.29, 1.82) is 0 Å². The van der Waals surface area contributed by atoms with Crippen LogP contribution in [0, 0.1) is 0 Å². The summed E-state index contributed by atoms with van der Waals surface area (Å²) in [5.41, 5.74) is 0.986. The monoisotopic (exact) mass is 317 g/mol. The molecule has 0 spiro atoms. The van der Waals surface area contributed by atoms with E-state index in [2.05, 4.69) is 5.32 Å². The minimum Gasteiger partial charge on any atom is -0.493 e. The maximum Gasteiger partial charge on any atom is 0.203 e. The molecule has 1 N–H and O–H groups in total. The second-order valence-corrected chi connectivity index (χ2v) is 6.92. The Morgan fingerprint density at radius 3 is 2.14 bits per heavy atom. The molecule has 0 aliphatic rings. The summed E-state index contributed by atoms with van der Waals surface area (Å²) in [6.45, 7) is 2.34. The molecule has 0 aliphatic carbocycles. The first-order chi connectivity index (χ1) is 9.97. The lowest BCUT2D eigenvalue weighted by Crippen LogP contribution is -2.16. The Bertz CT molecular complexity index is 531. The summed E-state index contributed by atoms with van der Waals surface area (Å²) >= 11 is 0. The Morgan fingerprint density at radius 2 is 1.71 bits per heavy atom. The largest absolute Gasteiger partial charge is 0.493 e. The zero-order valence-electron chi connectivity index (χ0n) is 12.9. The van der Waals surface area contributed by atoms with Crippen LogP contribution in [-0.4, -0.2) is 47.8 Å². The van der Waals surface area contributed by atoms with Gasteiger partial charge < -0.3 is 19.5 Å². The van der Waals surface area contributed by atoms with Gasteiger partial charge in [0.2, 0.25) is 5.75 Å². The van der Waals surface area contributed by atoms with Crippen molar-refractivity contribution >= 4 is 9.84 Å². The van der Waals surface area contributed by atoms with Crippen LogP contribution in [0.25, 0.3) is 0 Å². The molecule has 120 valence electrons. The van der Waals surface area contributed by atoms with Crippen LogP contribution < -0.4 is 19.5 Å². The number of hydrogen-bond donors (Lipinski definition) is 1. The van der Waals surface area contributed by atoms with Gasteiger partial charge in [-0.25, -0.2) is 8.42 Å². The highest BCUT2D eigenvalue weighted by Crippen LogP contribution is 2.38. The van der Waals surface area contributed by atoms with Crippen LogP contribution in [0.2, 0.25) is 0 Å². The Labute approximate surface area is 126 Å². The lowest BCUT2D eigenvalue weighted by atomic mass is 10.2. The van der Waals surface area contributed by atoms with Gasteiger partial charge >= 0.3 is 0 Å². The van der Waals surface area contributed by atoms with Gasteiger partial charge in [0.15, 0.2) is 21.3 Å². The van der Waals surface area contributed by atoms with Gasteiger partial charge in [0, 0.05) is 12.3 Å². The van der Waals surface area contributed by atoms with Gasteiger partial charge in [-0.2, -0.15) is 0 Å². The smallest absolute Gasteiger partial charge is 0.203 e. The van der Waals surface area contributed by atoms with Crippen LogP contribution in [0.5, 0.6) is 17.2 Å². The Morgan fingerprint density at radius 1 is 1.14 bits per heavy atom. The van der Waals surface area contributed by atoms with E-state index in [1.54, 1.807) is 6.92 Å². The molecule has 0 aromatic heterocycles. The number of sulfone groups is 1. The number of nitrogens with one attached hydrogen (secondary N) is 1. The fraction of sp³-hybridized carbons (Fsp3) is 0.571. The fourth-order valence-electron chi connectivity index (χ4n) is 1.80. The summed E-state index contributed by atoms with van der Waals surface area (Å²) in [5.74, 6) is 1.54. The van der Waals surface area contributed by atoms with Crippen LogP contribution in [-0.2, 0) is 16.4 Å². The second kappa shape index (κ2) is 8.09. The molecule has 0 unspecified atom stereocenters. The third-order valence-electron chi connectivity index (χ3n) is 2.98. The van der Waals surface area contributed by atoms with E-state index in [-0.39, 0.29) is 18.1 Å². The molecular weight excluding hydrogens is 294 g/mol. The summed E-state index contributed by atoms with van der Waals surface area (Å²) in [6.07, 6.45) is 0. The van der Waals surface area contributed by atoms with Crippen LogP contribution in [0.15, 0.2) is 12.1 Å². The van der Waals surface area contributed by atoms with Crippen molar-refractivity contribution in [3.8, 4) is 17.2 Å². The van der Waals surface area contributed by atoms with Crippen LogP contribution in [0.3, 0.4) is 0 Å².